The van der Waals surface area contributed by atoms with Crippen molar-refractivity contribution in [3.05, 3.63) is 47.8 Å². The Kier molecular flexibility index (Phi) is 9.06. The van der Waals surface area contributed by atoms with Crippen LogP contribution in [0.15, 0.2) is 36.4 Å². The predicted octanol–water partition coefficient (Wildman–Crippen LogP) is 4.46. The highest BCUT2D eigenvalue weighted by Crippen LogP contribution is 2.35. The second-order valence-corrected chi connectivity index (χ2v) is 8.49. The first kappa shape index (κ1) is 26.4. The lowest BCUT2D eigenvalue weighted by Gasteiger charge is -2.34. The van der Waals surface area contributed by atoms with Gasteiger partial charge in [0.2, 0.25) is 0 Å². The van der Waals surface area contributed by atoms with Crippen molar-refractivity contribution < 1.29 is 23.8 Å². The number of ether oxygens (including phenoxy) is 2. The molecule has 188 valence electrons. The molecule has 0 saturated carbocycles. The van der Waals surface area contributed by atoms with E-state index in [0.29, 0.717) is 31.0 Å². The van der Waals surface area contributed by atoms with Gasteiger partial charge in [-0.05, 0) is 55.5 Å². The number of aromatic nitrogens is 2. The molecule has 2 heterocycles. The fourth-order valence-corrected chi connectivity index (χ4v) is 4.23. The van der Waals surface area contributed by atoms with Crippen LogP contribution in [0, 0.1) is 18.7 Å². The molecule has 3 aromatic rings. The number of fused-ring (bicyclic) bond motifs is 1. The molecule has 0 bridgehead atoms. The zero-order valence-electron chi connectivity index (χ0n) is 19.8. The highest BCUT2D eigenvalue weighted by Gasteiger charge is 2.25. The number of aryl methyl sites for hydroxylation is 1. The summed E-state index contributed by atoms with van der Waals surface area (Å²) in [5, 5.41) is 14.0. The lowest BCUT2D eigenvalue weighted by atomic mass is 9.97. The Morgan fingerprint density at radius 1 is 1.26 bits per heavy atom. The largest absolute Gasteiger partial charge is 0.507 e. The first-order valence-electron chi connectivity index (χ1n) is 11.4. The Labute approximate surface area is 209 Å². The van der Waals surface area contributed by atoms with Crippen LogP contribution in [0.1, 0.15) is 18.4 Å². The first-order valence-corrected chi connectivity index (χ1v) is 11.4. The van der Waals surface area contributed by atoms with Crippen LogP contribution in [-0.4, -0.2) is 61.1 Å². The minimum absolute atomic E-state index is 0. The third kappa shape index (κ3) is 6.29. The third-order valence-electron chi connectivity index (χ3n) is 5.92. The number of aromatic hydroxyl groups is 1. The summed E-state index contributed by atoms with van der Waals surface area (Å²) in [5.74, 6) is 0.251. The number of methoxy groups -OCH3 is 1. The van der Waals surface area contributed by atoms with E-state index in [1.165, 1.54) is 18.2 Å². The molecule has 0 radical (unpaired) electrons. The summed E-state index contributed by atoms with van der Waals surface area (Å²) in [6, 6.07) is 10.1. The van der Waals surface area contributed by atoms with Gasteiger partial charge in [-0.1, -0.05) is 12.1 Å². The second kappa shape index (κ2) is 12.0. The quantitative estimate of drug-likeness (QED) is 0.458. The number of phenols is 1. The van der Waals surface area contributed by atoms with Crippen molar-refractivity contribution >= 4 is 35.2 Å². The van der Waals surface area contributed by atoms with Gasteiger partial charge in [-0.15, -0.1) is 12.4 Å². The van der Waals surface area contributed by atoms with Gasteiger partial charge in [-0.3, -0.25) is 0 Å². The van der Waals surface area contributed by atoms with Crippen LogP contribution in [0.2, 0.25) is 0 Å². The Hall–Kier alpha value is -3.17. The lowest BCUT2D eigenvalue weighted by Crippen LogP contribution is -2.41. The number of carbonyl (C=O) groups is 1. The number of nitrogens with one attached hydrogen (secondary N) is 1. The van der Waals surface area contributed by atoms with E-state index in [4.69, 9.17) is 14.5 Å². The molecule has 0 spiro atoms. The molecule has 1 aliphatic heterocycles. The monoisotopic (exact) mass is 504 g/mol. The van der Waals surface area contributed by atoms with Crippen molar-refractivity contribution in [2.45, 2.75) is 19.8 Å². The SMILES string of the molecule is COCCOC(=O)NC[C@@H]1CCCN(c2nc(-c3c(O)cccc3F)nc3cc(C)ccc23)C1.Cl. The molecule has 1 saturated heterocycles. The fraction of sp³-hybridized carbons (Fsp3) is 0.400. The minimum atomic E-state index is -0.578. The fourth-order valence-electron chi connectivity index (χ4n) is 4.23. The van der Waals surface area contributed by atoms with Crippen LogP contribution in [0.5, 0.6) is 5.75 Å². The molecule has 1 aromatic heterocycles. The van der Waals surface area contributed by atoms with Crippen LogP contribution in [0.4, 0.5) is 15.0 Å². The summed E-state index contributed by atoms with van der Waals surface area (Å²) in [6.45, 7) is 4.45. The van der Waals surface area contributed by atoms with Gasteiger partial charge < -0.3 is 24.8 Å². The van der Waals surface area contributed by atoms with Crippen molar-refractivity contribution in [1.82, 2.24) is 15.3 Å². The average molecular weight is 505 g/mol. The van der Waals surface area contributed by atoms with E-state index in [0.717, 1.165) is 30.3 Å². The highest BCUT2D eigenvalue weighted by atomic mass is 35.5. The molecule has 35 heavy (non-hydrogen) atoms. The number of carbonyl (C=O) groups excluding carboxylic acids is 1. The van der Waals surface area contributed by atoms with Crippen LogP contribution in [0.25, 0.3) is 22.3 Å². The number of halogens is 2. The number of hydrogen-bond donors (Lipinski definition) is 2. The van der Waals surface area contributed by atoms with Crippen molar-refractivity contribution in [1.29, 1.82) is 0 Å². The molecule has 2 N–H and O–H groups in total. The summed E-state index contributed by atoms with van der Waals surface area (Å²) in [4.78, 5) is 23.3. The number of benzene rings is 2. The number of rotatable bonds is 7. The Balaban J connectivity index is 0.00000342. The minimum Gasteiger partial charge on any atom is -0.507 e. The molecule has 0 aliphatic carbocycles. The van der Waals surface area contributed by atoms with E-state index in [9.17, 15) is 14.3 Å². The summed E-state index contributed by atoms with van der Waals surface area (Å²) >= 11 is 0. The predicted molar refractivity (Wildman–Crippen MR) is 135 cm³/mol. The smallest absolute Gasteiger partial charge is 0.407 e. The first-order chi connectivity index (χ1) is 16.5. The summed E-state index contributed by atoms with van der Waals surface area (Å²) in [6.07, 6.45) is 1.41. The van der Waals surface area contributed by atoms with Crippen molar-refractivity contribution in [2.75, 3.05) is 44.9 Å². The number of piperidine rings is 1. The normalized spacial score (nSPS) is 15.5. The topological polar surface area (TPSA) is 96.8 Å². The molecule has 4 rings (SSSR count). The van der Waals surface area contributed by atoms with Gasteiger partial charge in [-0.25, -0.2) is 19.2 Å². The number of phenolic OH excluding ortho intramolecular Hbond substituents is 1. The zero-order valence-corrected chi connectivity index (χ0v) is 20.6. The number of anilines is 1. The lowest BCUT2D eigenvalue weighted by molar-refractivity contribution is 0.0976. The van der Waals surface area contributed by atoms with Gasteiger partial charge >= 0.3 is 6.09 Å². The molecular formula is C25H30ClFN4O4. The van der Waals surface area contributed by atoms with E-state index < -0.39 is 11.9 Å². The maximum atomic E-state index is 14.6. The molecule has 1 amide bonds. The maximum Gasteiger partial charge on any atom is 0.407 e. The summed E-state index contributed by atoms with van der Waals surface area (Å²) < 4.78 is 24.6. The molecule has 10 heteroatoms. The van der Waals surface area contributed by atoms with E-state index in [1.807, 2.05) is 25.1 Å². The number of hydrogen-bond acceptors (Lipinski definition) is 7. The number of amides is 1. The van der Waals surface area contributed by atoms with Crippen LogP contribution in [0.3, 0.4) is 0 Å². The highest BCUT2D eigenvalue weighted by molar-refractivity contribution is 5.92. The molecule has 1 atom stereocenters. The van der Waals surface area contributed by atoms with Crippen LogP contribution in [-0.2, 0) is 9.47 Å². The molecule has 2 aromatic carbocycles. The third-order valence-corrected chi connectivity index (χ3v) is 5.92. The Bertz CT molecular complexity index is 1160. The second-order valence-electron chi connectivity index (χ2n) is 8.49. The van der Waals surface area contributed by atoms with Gasteiger partial charge in [0.1, 0.15) is 24.0 Å². The van der Waals surface area contributed by atoms with E-state index >= 15 is 0 Å². The van der Waals surface area contributed by atoms with Gasteiger partial charge in [0.25, 0.3) is 0 Å². The summed E-state index contributed by atoms with van der Waals surface area (Å²) in [5.41, 5.74) is 1.69. The van der Waals surface area contributed by atoms with Crippen molar-refractivity contribution in [3.63, 3.8) is 0 Å². The van der Waals surface area contributed by atoms with Crippen molar-refractivity contribution in [3.8, 4) is 17.1 Å². The molecular weight excluding hydrogens is 475 g/mol. The summed E-state index contributed by atoms with van der Waals surface area (Å²) in [7, 11) is 1.55. The molecule has 1 aliphatic rings. The van der Waals surface area contributed by atoms with Gasteiger partial charge in [0, 0.05) is 32.1 Å². The van der Waals surface area contributed by atoms with Crippen LogP contribution < -0.4 is 10.2 Å². The number of nitrogens with zero attached hydrogens (tertiary/aromatic N) is 3. The zero-order chi connectivity index (χ0) is 24.1. The average Bonchev–Trinajstić information content (AvgIpc) is 2.82. The molecule has 0 unspecified atom stereocenters. The Morgan fingerprint density at radius 3 is 2.86 bits per heavy atom. The van der Waals surface area contributed by atoms with E-state index in [2.05, 4.69) is 15.2 Å². The van der Waals surface area contributed by atoms with Gasteiger partial charge in [0.05, 0.1) is 17.7 Å². The van der Waals surface area contributed by atoms with E-state index in [1.54, 1.807) is 7.11 Å². The van der Waals surface area contributed by atoms with Crippen LogP contribution >= 0.6 is 12.4 Å². The number of alkyl carbamates (subject to hydrolysis) is 1. The molecule has 8 nitrogen and oxygen atoms in total. The Morgan fingerprint density at radius 2 is 2.09 bits per heavy atom. The van der Waals surface area contributed by atoms with E-state index in [-0.39, 0.29) is 42.1 Å². The van der Waals surface area contributed by atoms with Gasteiger partial charge in [0.15, 0.2) is 5.82 Å². The molecule has 1 fully saturated rings. The van der Waals surface area contributed by atoms with Crippen molar-refractivity contribution in [2.24, 2.45) is 5.92 Å². The van der Waals surface area contributed by atoms with Gasteiger partial charge in [-0.2, -0.15) is 0 Å². The standard InChI is InChI=1S/C25H29FN4O4.ClH/c1-16-8-9-18-20(13-16)28-23(22-19(26)6-3-7-21(22)31)29-24(18)30-10-4-5-17(15-30)14-27-25(32)34-12-11-33-2;/h3,6-9,13,17,31H,4-5,10-12,14-15H2,1-2H3,(H,27,32);1H/t17-;/m0./s1. The maximum absolute atomic E-state index is 14.6.